The van der Waals surface area contributed by atoms with Crippen molar-refractivity contribution in [1.29, 1.82) is 0 Å². The van der Waals surface area contributed by atoms with Gasteiger partial charge in [0.25, 0.3) is 0 Å². The lowest BCUT2D eigenvalue weighted by Gasteiger charge is -2.19. The van der Waals surface area contributed by atoms with Gasteiger partial charge >= 0.3 is 4.87 Å². The van der Waals surface area contributed by atoms with Crippen molar-refractivity contribution >= 4 is 54.2 Å². The van der Waals surface area contributed by atoms with Crippen LogP contribution >= 0.6 is 27.3 Å². The van der Waals surface area contributed by atoms with Crippen molar-refractivity contribution in [2.24, 2.45) is 5.92 Å². The van der Waals surface area contributed by atoms with Gasteiger partial charge in [0.15, 0.2) is 11.5 Å². The maximum Gasteiger partial charge on any atom is 0.306 e. The predicted molar refractivity (Wildman–Crippen MR) is 121 cm³/mol. The zero-order valence-electron chi connectivity index (χ0n) is 16.1. The van der Waals surface area contributed by atoms with Crippen LogP contribution in [-0.2, 0) is 17.2 Å². The minimum absolute atomic E-state index is 0.0660. The lowest BCUT2D eigenvalue weighted by atomic mass is 10.0. The van der Waals surface area contributed by atoms with Gasteiger partial charge in [-0.15, -0.1) is 0 Å². The van der Waals surface area contributed by atoms with Gasteiger partial charge in [-0.25, -0.2) is 9.97 Å². The second kappa shape index (κ2) is 9.92. The minimum atomic E-state index is -1.44. The number of aromatic nitrogens is 3. The fraction of sp³-hybridized carbons (Fsp3) is 0.421. The number of H-pyrrole nitrogens is 1. The van der Waals surface area contributed by atoms with Crippen molar-refractivity contribution in [3.63, 3.8) is 0 Å². The van der Waals surface area contributed by atoms with E-state index < -0.39 is 10.8 Å². The fourth-order valence-corrected chi connectivity index (χ4v) is 5.15. The summed E-state index contributed by atoms with van der Waals surface area (Å²) in [5.74, 6) is 1.17. The molecule has 2 aromatic heterocycles. The Morgan fingerprint density at radius 1 is 1.31 bits per heavy atom. The first-order valence-corrected chi connectivity index (χ1v) is 12.2. The van der Waals surface area contributed by atoms with Gasteiger partial charge in [0.05, 0.1) is 23.4 Å². The average Bonchev–Trinajstić information content (AvgIpc) is 3.06. The Bertz CT molecular complexity index is 1070. The fourth-order valence-electron chi connectivity index (χ4n) is 2.96. The number of hydrogen-bond donors (Lipinski definition) is 3. The standard InChI is InChI=1S/C19H23BrN4O3S2/c1-11(2)9-13(10-25)21-16-15-17(24-19(26)28-15)23-18(22-16)29(27)8-7-12-5-3-4-6-14(12)20/h3-6,11,13,25H,7-10H2,1-2H3,(H2,21,22,23,24,26)/t13-,29?/m1/s1. The maximum absolute atomic E-state index is 12.9. The lowest BCUT2D eigenvalue weighted by Crippen LogP contribution is -2.26. The number of nitrogens with zero attached hydrogens (tertiary/aromatic N) is 2. The van der Waals surface area contributed by atoms with Gasteiger partial charge < -0.3 is 10.4 Å². The topological polar surface area (TPSA) is 108 Å². The molecule has 3 aromatic rings. The quantitative estimate of drug-likeness (QED) is 0.390. The van der Waals surface area contributed by atoms with Crippen molar-refractivity contribution in [3.05, 3.63) is 44.0 Å². The molecule has 0 saturated heterocycles. The summed E-state index contributed by atoms with van der Waals surface area (Å²) >= 11 is 4.50. The number of aliphatic hydroxyl groups is 1. The molecule has 1 unspecified atom stereocenters. The van der Waals surface area contributed by atoms with Crippen LogP contribution in [0.1, 0.15) is 25.8 Å². The second-order valence-electron chi connectivity index (χ2n) is 7.09. The molecule has 0 spiro atoms. The van der Waals surface area contributed by atoms with Crippen molar-refractivity contribution in [2.75, 3.05) is 17.7 Å². The summed E-state index contributed by atoms with van der Waals surface area (Å²) in [5, 5.41) is 13.1. The number of hydrogen-bond acceptors (Lipinski definition) is 7. The molecule has 0 radical (unpaired) electrons. The van der Waals surface area contributed by atoms with Crippen LogP contribution in [0.2, 0.25) is 0 Å². The highest BCUT2D eigenvalue weighted by Gasteiger charge is 2.19. The molecule has 0 aliphatic rings. The molecule has 2 heterocycles. The van der Waals surface area contributed by atoms with Gasteiger partial charge in [0.1, 0.15) is 4.70 Å². The molecule has 10 heteroatoms. The van der Waals surface area contributed by atoms with Crippen LogP contribution in [-0.4, -0.2) is 42.7 Å². The molecule has 1 aromatic carbocycles. The first-order chi connectivity index (χ1) is 13.9. The van der Waals surface area contributed by atoms with E-state index in [0.29, 0.717) is 34.3 Å². The lowest BCUT2D eigenvalue weighted by molar-refractivity contribution is 0.259. The van der Waals surface area contributed by atoms with Gasteiger partial charge in [-0.3, -0.25) is 14.0 Å². The molecular weight excluding hydrogens is 476 g/mol. The summed E-state index contributed by atoms with van der Waals surface area (Å²) in [6.45, 7) is 4.07. The van der Waals surface area contributed by atoms with E-state index in [1.165, 1.54) is 0 Å². The number of aryl methyl sites for hydroxylation is 1. The van der Waals surface area contributed by atoms with Gasteiger partial charge in [-0.2, -0.15) is 0 Å². The summed E-state index contributed by atoms with van der Waals surface area (Å²) in [6.07, 6.45) is 1.34. The number of halogens is 1. The first-order valence-electron chi connectivity index (χ1n) is 9.27. The third-order valence-electron chi connectivity index (χ3n) is 4.30. The number of thiazole rings is 1. The third kappa shape index (κ3) is 5.71. The van der Waals surface area contributed by atoms with Gasteiger partial charge in [-0.05, 0) is 30.4 Å². The highest BCUT2D eigenvalue weighted by atomic mass is 79.9. The van der Waals surface area contributed by atoms with Gasteiger partial charge in [0, 0.05) is 10.2 Å². The normalized spacial score (nSPS) is 13.7. The predicted octanol–water partition coefficient (Wildman–Crippen LogP) is 3.31. The van der Waals surface area contributed by atoms with Crippen molar-refractivity contribution in [2.45, 2.75) is 37.9 Å². The van der Waals surface area contributed by atoms with Crippen LogP contribution < -0.4 is 10.2 Å². The number of fused-ring (bicyclic) bond motifs is 1. The molecule has 156 valence electrons. The first kappa shape index (κ1) is 22.1. The molecule has 29 heavy (non-hydrogen) atoms. The van der Waals surface area contributed by atoms with Crippen LogP contribution in [0, 0.1) is 5.92 Å². The van der Waals surface area contributed by atoms with Crippen molar-refractivity contribution in [1.82, 2.24) is 15.0 Å². The van der Waals surface area contributed by atoms with E-state index >= 15 is 0 Å². The molecule has 0 amide bonds. The van der Waals surface area contributed by atoms with Crippen molar-refractivity contribution in [3.8, 4) is 0 Å². The molecule has 7 nitrogen and oxygen atoms in total. The highest BCUT2D eigenvalue weighted by Crippen LogP contribution is 2.25. The van der Waals surface area contributed by atoms with E-state index in [-0.39, 0.29) is 22.7 Å². The molecule has 0 bridgehead atoms. The van der Waals surface area contributed by atoms with E-state index in [1.807, 2.05) is 24.3 Å². The summed E-state index contributed by atoms with van der Waals surface area (Å²) in [6, 6.07) is 7.58. The van der Waals surface area contributed by atoms with E-state index in [2.05, 4.69) is 50.0 Å². The monoisotopic (exact) mass is 498 g/mol. The number of benzene rings is 1. The van der Waals surface area contributed by atoms with Crippen LogP contribution in [0.5, 0.6) is 0 Å². The average molecular weight is 499 g/mol. The third-order valence-corrected chi connectivity index (χ3v) is 7.11. The van der Waals surface area contributed by atoms with Gasteiger partial charge in [-0.1, -0.05) is 59.3 Å². The van der Waals surface area contributed by atoms with E-state index in [0.717, 1.165) is 27.8 Å². The zero-order chi connectivity index (χ0) is 21.0. The SMILES string of the molecule is CC(C)C[C@H](CO)Nc1nc(S(=O)CCc2ccccc2Br)nc2[nH]c(=O)sc12. The largest absolute Gasteiger partial charge is 0.394 e. The minimum Gasteiger partial charge on any atom is -0.394 e. The highest BCUT2D eigenvalue weighted by molar-refractivity contribution is 9.10. The Kier molecular flexibility index (Phi) is 7.55. The molecule has 3 N–H and O–H groups in total. The Hall–Kier alpha value is -1.62. The summed E-state index contributed by atoms with van der Waals surface area (Å²) < 4.78 is 14.4. The number of aromatic amines is 1. The zero-order valence-corrected chi connectivity index (χ0v) is 19.4. The summed E-state index contributed by atoms with van der Waals surface area (Å²) in [5.41, 5.74) is 1.42. The molecular formula is C19H23BrN4O3S2. The summed E-state index contributed by atoms with van der Waals surface area (Å²) in [4.78, 5) is 23.0. The van der Waals surface area contributed by atoms with Crippen molar-refractivity contribution < 1.29 is 9.32 Å². The maximum atomic E-state index is 12.9. The van der Waals surface area contributed by atoms with E-state index in [4.69, 9.17) is 0 Å². The Labute approximate surface area is 183 Å². The molecule has 0 saturated carbocycles. The molecule has 3 rings (SSSR count). The number of anilines is 1. The molecule has 0 aliphatic heterocycles. The van der Waals surface area contributed by atoms with Crippen LogP contribution in [0.3, 0.4) is 0 Å². The smallest absolute Gasteiger partial charge is 0.306 e. The summed E-state index contributed by atoms with van der Waals surface area (Å²) in [7, 11) is -1.44. The second-order valence-corrected chi connectivity index (χ2v) is 10.4. The molecule has 2 atom stereocenters. The van der Waals surface area contributed by atoms with Crippen LogP contribution in [0.15, 0.2) is 38.7 Å². The number of nitrogens with one attached hydrogen (secondary N) is 2. The molecule has 0 fully saturated rings. The Morgan fingerprint density at radius 3 is 2.76 bits per heavy atom. The number of rotatable bonds is 9. The van der Waals surface area contributed by atoms with Gasteiger partial charge in [0.2, 0.25) is 5.16 Å². The van der Waals surface area contributed by atoms with Crippen LogP contribution in [0.4, 0.5) is 5.82 Å². The van der Waals surface area contributed by atoms with Crippen LogP contribution in [0.25, 0.3) is 10.3 Å². The molecule has 0 aliphatic carbocycles. The Morgan fingerprint density at radius 2 is 2.07 bits per heavy atom. The van der Waals surface area contributed by atoms with E-state index in [9.17, 15) is 14.1 Å². The van der Waals surface area contributed by atoms with E-state index in [1.54, 1.807) is 0 Å². The Balaban J connectivity index is 1.87. The number of aliphatic hydroxyl groups excluding tert-OH is 1.